The van der Waals surface area contributed by atoms with E-state index in [1.807, 2.05) is 27.7 Å². The fraction of sp³-hybridized carbons (Fsp3) is 0.375. The van der Waals surface area contributed by atoms with Crippen molar-refractivity contribution in [2.45, 2.75) is 33.4 Å². The first-order valence-corrected chi connectivity index (χ1v) is 10.4. The van der Waals surface area contributed by atoms with Crippen LogP contribution in [0.3, 0.4) is 0 Å². The Kier molecular flexibility index (Phi) is 5.26. The minimum Gasteiger partial charge on any atom is -0.309 e. The number of aromatic nitrogens is 3. The number of aryl methyl sites for hydroxylation is 4. The molecule has 0 aliphatic rings. The summed E-state index contributed by atoms with van der Waals surface area (Å²) in [7, 11) is 0. The van der Waals surface area contributed by atoms with E-state index in [1.54, 1.807) is 0 Å². The van der Waals surface area contributed by atoms with Crippen molar-refractivity contribution < 1.29 is 4.79 Å². The Labute approximate surface area is 157 Å². The summed E-state index contributed by atoms with van der Waals surface area (Å²) in [6, 6.07) is 0. The van der Waals surface area contributed by atoms with Crippen LogP contribution in [0.1, 0.15) is 26.8 Å². The zero-order valence-corrected chi connectivity index (χ0v) is 16.8. The topological polar surface area (TPSA) is 87.7 Å². The van der Waals surface area contributed by atoms with E-state index in [4.69, 9.17) is 0 Å². The number of nitrogens with one attached hydrogen (secondary N) is 2. The molecule has 0 atom stereocenters. The first kappa shape index (κ1) is 18.1. The van der Waals surface area contributed by atoms with Crippen molar-refractivity contribution in [3.63, 3.8) is 0 Å². The molecule has 0 unspecified atom stereocenters. The van der Waals surface area contributed by atoms with Crippen molar-refractivity contribution in [1.29, 1.82) is 0 Å². The van der Waals surface area contributed by atoms with Gasteiger partial charge < -0.3 is 10.3 Å². The molecule has 0 aliphatic carbocycles. The summed E-state index contributed by atoms with van der Waals surface area (Å²) < 4.78 is 0. The third-order valence-corrected chi connectivity index (χ3v) is 6.87. The molecule has 132 valence electrons. The summed E-state index contributed by atoms with van der Waals surface area (Å²) in [5, 5.41) is 4.09. The Morgan fingerprint density at radius 1 is 1.16 bits per heavy atom. The van der Waals surface area contributed by atoms with Gasteiger partial charge in [0.1, 0.15) is 10.7 Å². The fourth-order valence-electron chi connectivity index (χ4n) is 2.29. The van der Waals surface area contributed by atoms with Gasteiger partial charge in [-0.1, -0.05) is 0 Å². The van der Waals surface area contributed by atoms with Crippen molar-refractivity contribution in [1.82, 2.24) is 15.0 Å². The molecule has 6 nitrogen and oxygen atoms in total. The van der Waals surface area contributed by atoms with E-state index < -0.39 is 0 Å². The number of hydrogen-bond donors (Lipinski definition) is 2. The number of carbonyl (C=O) groups is 1. The molecule has 3 aromatic heterocycles. The average molecular weight is 395 g/mol. The molecule has 3 heterocycles. The fourth-order valence-corrected chi connectivity index (χ4v) is 4.86. The second kappa shape index (κ2) is 7.27. The zero-order valence-electron chi connectivity index (χ0n) is 14.3. The maximum Gasteiger partial charge on any atom is 0.259 e. The predicted octanol–water partition coefficient (Wildman–Crippen LogP) is 3.55. The lowest BCUT2D eigenvalue weighted by molar-refractivity contribution is -0.113. The number of H-pyrrole nitrogens is 1. The van der Waals surface area contributed by atoms with Gasteiger partial charge in [0.2, 0.25) is 5.91 Å². The molecule has 0 aromatic carbocycles. The maximum atomic E-state index is 12.2. The average Bonchev–Trinajstić information content (AvgIpc) is 2.98. The Balaban J connectivity index is 1.61. The molecule has 0 fully saturated rings. The molecule has 0 bridgehead atoms. The van der Waals surface area contributed by atoms with E-state index in [0.717, 1.165) is 25.8 Å². The lowest BCUT2D eigenvalue weighted by atomic mass is 10.2. The number of rotatable bonds is 5. The molecule has 0 spiro atoms. The van der Waals surface area contributed by atoms with Gasteiger partial charge in [-0.15, -0.1) is 34.4 Å². The van der Waals surface area contributed by atoms with E-state index in [0.29, 0.717) is 22.1 Å². The third-order valence-electron chi connectivity index (χ3n) is 3.83. The lowest BCUT2D eigenvalue weighted by Crippen LogP contribution is -2.15. The van der Waals surface area contributed by atoms with Crippen molar-refractivity contribution in [2.75, 3.05) is 11.1 Å². The summed E-state index contributed by atoms with van der Waals surface area (Å²) in [5.74, 6) is 1.24. The largest absolute Gasteiger partial charge is 0.309 e. The zero-order chi connectivity index (χ0) is 18.1. The number of amides is 1. The molecule has 3 aromatic rings. The van der Waals surface area contributed by atoms with Gasteiger partial charge in [0, 0.05) is 9.75 Å². The first-order chi connectivity index (χ1) is 11.8. The number of thiazole rings is 1. The maximum absolute atomic E-state index is 12.2. The van der Waals surface area contributed by atoms with E-state index in [-0.39, 0.29) is 17.2 Å². The summed E-state index contributed by atoms with van der Waals surface area (Å²) in [6.45, 7) is 7.82. The van der Waals surface area contributed by atoms with Crippen LogP contribution in [0.4, 0.5) is 5.13 Å². The Morgan fingerprint density at radius 3 is 2.60 bits per heavy atom. The quantitative estimate of drug-likeness (QED) is 0.691. The Morgan fingerprint density at radius 2 is 1.92 bits per heavy atom. The summed E-state index contributed by atoms with van der Waals surface area (Å²) in [5.41, 5.74) is 1.81. The SMILES string of the molecule is Cc1nc(NC(=O)CSCc2nc3sc(C)c(C)c3c(=O)[nH]2)sc1C. The molecule has 3 rings (SSSR count). The van der Waals surface area contributed by atoms with Crippen LogP contribution in [0.5, 0.6) is 0 Å². The van der Waals surface area contributed by atoms with Crippen molar-refractivity contribution in [2.24, 2.45) is 0 Å². The number of thiophene rings is 1. The molecule has 2 N–H and O–H groups in total. The van der Waals surface area contributed by atoms with Gasteiger partial charge in [-0.25, -0.2) is 9.97 Å². The number of thioether (sulfide) groups is 1. The number of nitrogens with zero attached hydrogens (tertiary/aromatic N) is 2. The minimum absolute atomic E-state index is 0.106. The first-order valence-electron chi connectivity index (χ1n) is 7.65. The van der Waals surface area contributed by atoms with E-state index >= 15 is 0 Å². The molecule has 0 radical (unpaired) electrons. The molecule has 1 amide bonds. The number of fused-ring (bicyclic) bond motifs is 1. The van der Waals surface area contributed by atoms with Crippen LogP contribution in [0.2, 0.25) is 0 Å². The number of anilines is 1. The second-order valence-electron chi connectivity index (χ2n) is 5.68. The number of hydrogen-bond acceptors (Lipinski definition) is 7. The van der Waals surface area contributed by atoms with Gasteiger partial charge in [0.15, 0.2) is 5.13 Å². The Bertz CT molecular complexity index is 983. The van der Waals surface area contributed by atoms with E-state index in [9.17, 15) is 9.59 Å². The van der Waals surface area contributed by atoms with Crippen LogP contribution in [0.25, 0.3) is 10.2 Å². The van der Waals surface area contributed by atoms with Crippen LogP contribution in [-0.2, 0) is 10.5 Å². The third kappa shape index (κ3) is 3.94. The highest BCUT2D eigenvalue weighted by molar-refractivity contribution is 7.99. The monoisotopic (exact) mass is 394 g/mol. The normalized spacial score (nSPS) is 11.2. The molecule has 0 aliphatic heterocycles. The standard InChI is InChI=1S/C16H18N4O2S3/c1-7-9(3)24-15-13(7)14(22)18-11(19-15)5-23-6-12(21)20-16-17-8(2)10(4)25-16/h5-6H2,1-4H3,(H,17,20,21)(H,18,19,22). The molecular weight excluding hydrogens is 376 g/mol. The van der Waals surface area contributed by atoms with E-state index in [2.05, 4.69) is 20.3 Å². The predicted molar refractivity (Wildman–Crippen MR) is 106 cm³/mol. The summed E-state index contributed by atoms with van der Waals surface area (Å²) >= 11 is 4.40. The van der Waals surface area contributed by atoms with E-state index in [1.165, 1.54) is 34.4 Å². The number of carbonyl (C=O) groups excluding carboxylic acids is 1. The van der Waals surface area contributed by atoms with Gasteiger partial charge >= 0.3 is 0 Å². The van der Waals surface area contributed by atoms with Crippen LogP contribution in [0.15, 0.2) is 4.79 Å². The van der Waals surface area contributed by atoms with Crippen LogP contribution in [-0.4, -0.2) is 26.6 Å². The highest BCUT2D eigenvalue weighted by Crippen LogP contribution is 2.26. The summed E-state index contributed by atoms with van der Waals surface area (Å²) in [6.07, 6.45) is 0. The van der Waals surface area contributed by atoms with Gasteiger partial charge in [0.25, 0.3) is 5.56 Å². The molecule has 25 heavy (non-hydrogen) atoms. The molecule has 0 saturated heterocycles. The van der Waals surface area contributed by atoms with Crippen LogP contribution in [0, 0.1) is 27.7 Å². The van der Waals surface area contributed by atoms with Crippen LogP contribution >= 0.6 is 34.4 Å². The van der Waals surface area contributed by atoms with Crippen molar-refractivity contribution >= 4 is 55.7 Å². The van der Waals surface area contributed by atoms with Gasteiger partial charge in [-0.2, -0.15) is 0 Å². The number of aromatic amines is 1. The summed E-state index contributed by atoms with van der Waals surface area (Å²) in [4.78, 5) is 38.8. The minimum atomic E-state index is -0.111. The van der Waals surface area contributed by atoms with Gasteiger partial charge in [-0.3, -0.25) is 9.59 Å². The Hall–Kier alpha value is -1.71. The lowest BCUT2D eigenvalue weighted by Gasteiger charge is -2.02. The molecule has 9 heteroatoms. The highest BCUT2D eigenvalue weighted by atomic mass is 32.2. The van der Waals surface area contributed by atoms with Gasteiger partial charge in [0.05, 0.1) is 22.6 Å². The smallest absolute Gasteiger partial charge is 0.259 e. The second-order valence-corrected chi connectivity index (χ2v) is 9.07. The van der Waals surface area contributed by atoms with Gasteiger partial charge in [-0.05, 0) is 33.3 Å². The van der Waals surface area contributed by atoms with Crippen molar-refractivity contribution in [3.05, 3.63) is 37.2 Å². The molecular formula is C16H18N4O2S3. The highest BCUT2D eigenvalue weighted by Gasteiger charge is 2.13. The van der Waals surface area contributed by atoms with Crippen molar-refractivity contribution in [3.8, 4) is 0 Å². The molecule has 0 saturated carbocycles. The van der Waals surface area contributed by atoms with Crippen LogP contribution < -0.4 is 10.9 Å².